The Morgan fingerprint density at radius 3 is 2.50 bits per heavy atom. The van der Waals surface area contributed by atoms with Crippen LogP contribution in [0.3, 0.4) is 0 Å². The van der Waals surface area contributed by atoms with Crippen molar-refractivity contribution in [3.63, 3.8) is 0 Å². The monoisotopic (exact) mass is 546 g/mol. The summed E-state index contributed by atoms with van der Waals surface area (Å²) in [5, 5.41) is 12.4. The van der Waals surface area contributed by atoms with Crippen molar-refractivity contribution < 1.29 is 23.8 Å². The topological polar surface area (TPSA) is 95.0 Å². The van der Waals surface area contributed by atoms with Crippen LogP contribution in [0.25, 0.3) is 11.3 Å². The summed E-state index contributed by atoms with van der Waals surface area (Å²) in [5.41, 5.74) is 1.49. The molecule has 0 aliphatic carbocycles. The molecule has 8 nitrogen and oxygen atoms in total. The standard InChI is InChI=1S/C31H35FN4O4/c1-2-40-27-11-7-6-10-25(27)28-26(32)18-23(19-33-28)31(29(37)34-24-12-15-36(21-24)30(38)39)13-16-35(17-14-31)20-22-8-4-3-5-9-22/h3-11,18-19,24H,2,12-17,20-21H2,1H3,(H,34,37)(H,38,39). The molecule has 2 amide bonds. The van der Waals surface area contributed by atoms with Crippen LogP contribution >= 0.6 is 0 Å². The molecular weight excluding hydrogens is 511 g/mol. The maximum absolute atomic E-state index is 15.7. The summed E-state index contributed by atoms with van der Waals surface area (Å²) in [6.07, 6.45) is 2.17. The summed E-state index contributed by atoms with van der Waals surface area (Å²) in [4.78, 5) is 33.5. The number of aromatic nitrogens is 1. The van der Waals surface area contributed by atoms with E-state index in [4.69, 9.17) is 4.74 Å². The SMILES string of the molecule is CCOc1ccccc1-c1ncc(C2(C(=O)NC3CCN(C(=O)O)C3)CCN(Cc3ccccc3)CC2)cc1F. The van der Waals surface area contributed by atoms with Crippen molar-refractivity contribution in [1.82, 2.24) is 20.1 Å². The third kappa shape index (κ3) is 5.79. The number of amides is 2. The third-order valence-corrected chi connectivity index (χ3v) is 8.02. The van der Waals surface area contributed by atoms with Crippen LogP contribution in [0.4, 0.5) is 9.18 Å². The molecule has 2 aromatic carbocycles. The lowest BCUT2D eigenvalue weighted by molar-refractivity contribution is -0.129. The molecule has 1 aromatic heterocycles. The van der Waals surface area contributed by atoms with Crippen molar-refractivity contribution in [2.75, 3.05) is 32.8 Å². The van der Waals surface area contributed by atoms with Crippen LogP contribution in [-0.2, 0) is 16.8 Å². The number of carbonyl (C=O) groups excluding carboxylic acids is 1. The summed E-state index contributed by atoms with van der Waals surface area (Å²) < 4.78 is 21.4. The van der Waals surface area contributed by atoms with E-state index in [2.05, 4.69) is 27.3 Å². The zero-order valence-electron chi connectivity index (χ0n) is 22.7. The number of carbonyl (C=O) groups is 2. The maximum atomic E-state index is 15.7. The quantitative estimate of drug-likeness (QED) is 0.426. The average molecular weight is 547 g/mol. The van der Waals surface area contributed by atoms with Gasteiger partial charge in [-0.1, -0.05) is 42.5 Å². The Balaban J connectivity index is 1.42. The van der Waals surface area contributed by atoms with E-state index >= 15 is 4.39 Å². The zero-order valence-corrected chi connectivity index (χ0v) is 22.7. The number of hydrogen-bond donors (Lipinski definition) is 2. The minimum atomic E-state index is -0.991. The van der Waals surface area contributed by atoms with E-state index < -0.39 is 17.3 Å². The molecular formula is C31H35FN4O4. The molecule has 0 bridgehead atoms. The molecule has 9 heteroatoms. The number of nitrogens with zero attached hydrogens (tertiary/aromatic N) is 3. The molecule has 3 aromatic rings. The molecule has 1 unspecified atom stereocenters. The van der Waals surface area contributed by atoms with Gasteiger partial charge in [-0.3, -0.25) is 14.7 Å². The van der Waals surface area contributed by atoms with Gasteiger partial charge in [0.25, 0.3) is 0 Å². The minimum absolute atomic E-state index is 0.178. The first-order chi connectivity index (χ1) is 19.4. The zero-order chi connectivity index (χ0) is 28.1. The number of piperidine rings is 1. The third-order valence-electron chi connectivity index (χ3n) is 8.02. The molecule has 0 radical (unpaired) electrons. The summed E-state index contributed by atoms with van der Waals surface area (Å²) in [6.45, 7) is 5.03. The fraction of sp³-hybridized carbons (Fsp3) is 0.387. The van der Waals surface area contributed by atoms with Gasteiger partial charge >= 0.3 is 6.09 Å². The van der Waals surface area contributed by atoms with Crippen LogP contribution in [0.5, 0.6) is 5.75 Å². The first kappa shape index (κ1) is 27.6. The lowest BCUT2D eigenvalue weighted by Crippen LogP contribution is -2.54. The van der Waals surface area contributed by atoms with Crippen molar-refractivity contribution in [1.29, 1.82) is 0 Å². The molecule has 1 atom stereocenters. The van der Waals surface area contributed by atoms with Crippen LogP contribution in [0, 0.1) is 5.82 Å². The van der Waals surface area contributed by atoms with Crippen molar-refractivity contribution in [3.8, 4) is 17.0 Å². The van der Waals surface area contributed by atoms with Gasteiger partial charge in [-0.25, -0.2) is 9.18 Å². The van der Waals surface area contributed by atoms with Crippen molar-refractivity contribution in [2.24, 2.45) is 0 Å². The van der Waals surface area contributed by atoms with E-state index in [1.807, 2.05) is 37.3 Å². The largest absolute Gasteiger partial charge is 0.493 e. The van der Waals surface area contributed by atoms with Gasteiger partial charge in [-0.2, -0.15) is 0 Å². The van der Waals surface area contributed by atoms with E-state index in [1.54, 1.807) is 18.3 Å². The number of likely N-dealkylation sites (tertiary alicyclic amines) is 2. The van der Waals surface area contributed by atoms with Crippen LogP contribution in [0.2, 0.25) is 0 Å². The van der Waals surface area contributed by atoms with Gasteiger partial charge in [-0.15, -0.1) is 0 Å². The number of rotatable bonds is 8. The number of para-hydroxylation sites is 1. The van der Waals surface area contributed by atoms with Crippen LogP contribution in [-0.4, -0.2) is 70.7 Å². The first-order valence-electron chi connectivity index (χ1n) is 13.8. The number of ether oxygens (including phenoxy) is 1. The van der Waals surface area contributed by atoms with Crippen LogP contribution in [0.15, 0.2) is 66.9 Å². The highest BCUT2D eigenvalue weighted by Crippen LogP contribution is 2.39. The minimum Gasteiger partial charge on any atom is -0.493 e. The molecule has 2 aliphatic heterocycles. The Morgan fingerprint density at radius 2 is 1.82 bits per heavy atom. The second-order valence-corrected chi connectivity index (χ2v) is 10.5. The highest BCUT2D eigenvalue weighted by molar-refractivity contribution is 5.89. The Labute approximate surface area is 233 Å². The summed E-state index contributed by atoms with van der Waals surface area (Å²) in [5.74, 6) is -0.163. The second-order valence-electron chi connectivity index (χ2n) is 10.5. The predicted molar refractivity (Wildman–Crippen MR) is 150 cm³/mol. The normalized spacial score (nSPS) is 18.9. The van der Waals surface area contributed by atoms with E-state index in [0.29, 0.717) is 62.4 Å². The molecule has 0 spiro atoms. The molecule has 0 saturated carbocycles. The lowest BCUT2D eigenvalue weighted by atomic mass is 9.72. The second kappa shape index (κ2) is 12.0. The molecule has 5 rings (SSSR count). The lowest BCUT2D eigenvalue weighted by Gasteiger charge is -2.41. The number of benzene rings is 2. The van der Waals surface area contributed by atoms with Crippen LogP contribution < -0.4 is 10.1 Å². The van der Waals surface area contributed by atoms with Gasteiger partial charge in [0.2, 0.25) is 5.91 Å². The number of pyridine rings is 1. The Hall–Kier alpha value is -3.98. The van der Waals surface area contributed by atoms with Crippen molar-refractivity contribution in [3.05, 3.63) is 83.8 Å². The molecule has 210 valence electrons. The summed E-state index contributed by atoms with van der Waals surface area (Å²) >= 11 is 0. The Bertz CT molecular complexity index is 1340. The van der Waals surface area contributed by atoms with Crippen molar-refractivity contribution in [2.45, 2.75) is 44.2 Å². The molecule has 2 saturated heterocycles. The predicted octanol–water partition coefficient (Wildman–Crippen LogP) is 4.69. The van der Waals surface area contributed by atoms with Crippen molar-refractivity contribution >= 4 is 12.0 Å². The molecule has 2 aliphatic rings. The van der Waals surface area contributed by atoms with Gasteiger partial charge in [0.05, 0.1) is 12.0 Å². The van der Waals surface area contributed by atoms with E-state index in [1.165, 1.54) is 16.5 Å². The fourth-order valence-electron chi connectivity index (χ4n) is 5.80. The highest BCUT2D eigenvalue weighted by atomic mass is 19.1. The van der Waals surface area contributed by atoms with Gasteiger partial charge in [0, 0.05) is 37.4 Å². The highest BCUT2D eigenvalue weighted by Gasteiger charge is 2.45. The molecule has 2 fully saturated rings. The summed E-state index contributed by atoms with van der Waals surface area (Å²) in [7, 11) is 0. The number of hydrogen-bond acceptors (Lipinski definition) is 5. The number of halogens is 1. The summed E-state index contributed by atoms with van der Waals surface area (Å²) in [6, 6.07) is 18.5. The Morgan fingerprint density at radius 1 is 1.10 bits per heavy atom. The number of nitrogens with one attached hydrogen (secondary N) is 1. The smallest absolute Gasteiger partial charge is 0.407 e. The van der Waals surface area contributed by atoms with E-state index in [9.17, 15) is 14.7 Å². The van der Waals surface area contributed by atoms with Crippen LogP contribution in [0.1, 0.15) is 37.3 Å². The maximum Gasteiger partial charge on any atom is 0.407 e. The number of carboxylic acid groups (broad SMARTS) is 1. The van der Waals surface area contributed by atoms with E-state index in [0.717, 1.165) is 6.54 Å². The van der Waals surface area contributed by atoms with Gasteiger partial charge < -0.3 is 20.1 Å². The molecule has 40 heavy (non-hydrogen) atoms. The Kier molecular flexibility index (Phi) is 8.30. The van der Waals surface area contributed by atoms with Gasteiger partial charge in [0.15, 0.2) is 0 Å². The van der Waals surface area contributed by atoms with Gasteiger partial charge in [0.1, 0.15) is 17.3 Å². The van der Waals surface area contributed by atoms with Gasteiger partial charge in [-0.05, 0) is 68.6 Å². The van der Waals surface area contributed by atoms with E-state index in [-0.39, 0.29) is 24.2 Å². The molecule has 2 N–H and O–H groups in total. The fourth-order valence-corrected chi connectivity index (χ4v) is 5.80. The average Bonchev–Trinajstić information content (AvgIpc) is 3.44. The first-order valence-corrected chi connectivity index (χ1v) is 13.8. The molecule has 3 heterocycles.